The SMILES string of the molecule is COC1CCN(c2nc(C(C)C)c(C=O)s2)CC1. The van der Waals surface area contributed by atoms with Gasteiger partial charge in [0.25, 0.3) is 0 Å². The summed E-state index contributed by atoms with van der Waals surface area (Å²) in [7, 11) is 1.77. The number of carbonyl (C=O) groups excluding carboxylic acids is 1. The minimum atomic E-state index is 0.298. The fourth-order valence-electron chi connectivity index (χ4n) is 2.25. The van der Waals surface area contributed by atoms with E-state index in [1.54, 1.807) is 7.11 Å². The van der Waals surface area contributed by atoms with E-state index in [1.807, 2.05) is 0 Å². The first-order chi connectivity index (χ1) is 8.65. The van der Waals surface area contributed by atoms with Gasteiger partial charge in [-0.1, -0.05) is 25.2 Å². The number of anilines is 1. The Balaban J connectivity index is 2.12. The molecule has 1 aliphatic heterocycles. The van der Waals surface area contributed by atoms with Gasteiger partial charge in [-0.3, -0.25) is 4.79 Å². The molecule has 0 radical (unpaired) electrons. The summed E-state index contributed by atoms with van der Waals surface area (Å²) in [5, 5.41) is 0.982. The van der Waals surface area contributed by atoms with Crippen molar-refractivity contribution in [3.63, 3.8) is 0 Å². The first-order valence-electron chi connectivity index (χ1n) is 6.39. The average Bonchev–Trinajstić information content (AvgIpc) is 2.83. The van der Waals surface area contributed by atoms with E-state index in [0.717, 1.165) is 47.9 Å². The standard InChI is InChI=1S/C13H20N2O2S/c1-9(2)12-11(8-16)18-13(14-12)15-6-4-10(17-3)5-7-15/h8-10H,4-7H2,1-3H3. The van der Waals surface area contributed by atoms with Crippen molar-refractivity contribution >= 4 is 22.8 Å². The summed E-state index contributed by atoms with van der Waals surface area (Å²) in [4.78, 5) is 18.7. The Hall–Kier alpha value is -0.940. The second kappa shape index (κ2) is 5.80. The molecule has 4 nitrogen and oxygen atoms in total. The van der Waals surface area contributed by atoms with Crippen LogP contribution >= 0.6 is 11.3 Å². The minimum absolute atomic E-state index is 0.298. The van der Waals surface area contributed by atoms with Gasteiger partial charge in [0.2, 0.25) is 0 Å². The van der Waals surface area contributed by atoms with E-state index in [-0.39, 0.29) is 0 Å². The molecule has 0 aromatic carbocycles. The largest absolute Gasteiger partial charge is 0.381 e. The summed E-state index contributed by atoms with van der Waals surface area (Å²) >= 11 is 1.51. The zero-order valence-electron chi connectivity index (χ0n) is 11.2. The molecule has 0 amide bonds. The van der Waals surface area contributed by atoms with Crippen molar-refractivity contribution in [3.8, 4) is 0 Å². The highest BCUT2D eigenvalue weighted by Gasteiger charge is 2.23. The van der Waals surface area contributed by atoms with Gasteiger partial charge in [0, 0.05) is 20.2 Å². The second-order valence-corrected chi connectivity index (χ2v) is 5.95. The van der Waals surface area contributed by atoms with Crippen molar-refractivity contribution in [1.82, 2.24) is 4.98 Å². The molecule has 0 atom stereocenters. The van der Waals surface area contributed by atoms with Gasteiger partial charge in [-0.05, 0) is 18.8 Å². The highest BCUT2D eigenvalue weighted by molar-refractivity contribution is 7.17. The van der Waals surface area contributed by atoms with Gasteiger partial charge in [-0.25, -0.2) is 4.98 Å². The van der Waals surface area contributed by atoms with Gasteiger partial charge in [0.1, 0.15) is 0 Å². The maximum Gasteiger partial charge on any atom is 0.186 e. The van der Waals surface area contributed by atoms with Crippen molar-refractivity contribution in [2.24, 2.45) is 0 Å². The number of carbonyl (C=O) groups is 1. The molecule has 0 unspecified atom stereocenters. The molecule has 0 spiro atoms. The van der Waals surface area contributed by atoms with Crippen molar-refractivity contribution in [2.45, 2.75) is 38.7 Å². The van der Waals surface area contributed by atoms with Gasteiger partial charge in [-0.15, -0.1) is 0 Å². The number of methoxy groups -OCH3 is 1. The molecule has 0 bridgehead atoms. The molecule has 100 valence electrons. The molecule has 1 saturated heterocycles. The fraction of sp³-hybridized carbons (Fsp3) is 0.692. The molecule has 1 aromatic heterocycles. The fourth-order valence-corrected chi connectivity index (χ4v) is 3.33. The van der Waals surface area contributed by atoms with E-state index < -0.39 is 0 Å². The number of hydrogen-bond acceptors (Lipinski definition) is 5. The van der Waals surface area contributed by atoms with E-state index in [1.165, 1.54) is 11.3 Å². The normalized spacial score (nSPS) is 17.4. The van der Waals surface area contributed by atoms with Crippen LogP contribution in [0.1, 0.15) is 48.0 Å². The van der Waals surface area contributed by atoms with Crippen LogP contribution in [0.25, 0.3) is 0 Å². The highest BCUT2D eigenvalue weighted by Crippen LogP contribution is 2.31. The maximum absolute atomic E-state index is 11.1. The lowest BCUT2D eigenvalue weighted by Crippen LogP contribution is -2.36. The Morgan fingerprint density at radius 1 is 1.44 bits per heavy atom. The Morgan fingerprint density at radius 3 is 2.56 bits per heavy atom. The number of piperidine rings is 1. The Labute approximate surface area is 112 Å². The second-order valence-electron chi connectivity index (χ2n) is 4.94. The number of aromatic nitrogens is 1. The molecular weight excluding hydrogens is 248 g/mol. The molecule has 0 aliphatic carbocycles. The molecule has 1 fully saturated rings. The lowest BCUT2D eigenvalue weighted by molar-refractivity contribution is 0.0819. The number of rotatable bonds is 4. The molecule has 2 rings (SSSR count). The van der Waals surface area contributed by atoms with Crippen LogP contribution in [0.3, 0.4) is 0 Å². The molecule has 5 heteroatoms. The lowest BCUT2D eigenvalue weighted by atomic mass is 10.1. The van der Waals surface area contributed by atoms with Crippen LogP contribution in [0.15, 0.2) is 0 Å². The molecular formula is C13H20N2O2S. The van der Waals surface area contributed by atoms with E-state index >= 15 is 0 Å². The third-order valence-electron chi connectivity index (χ3n) is 3.37. The van der Waals surface area contributed by atoms with Gasteiger partial charge in [-0.2, -0.15) is 0 Å². The van der Waals surface area contributed by atoms with Crippen LogP contribution in [-0.4, -0.2) is 37.6 Å². The third kappa shape index (κ3) is 2.72. The smallest absolute Gasteiger partial charge is 0.186 e. The monoisotopic (exact) mass is 268 g/mol. The van der Waals surface area contributed by atoms with Crippen LogP contribution in [0, 0.1) is 0 Å². The molecule has 2 heterocycles. The van der Waals surface area contributed by atoms with Crippen LogP contribution in [0.5, 0.6) is 0 Å². The third-order valence-corrected chi connectivity index (χ3v) is 4.43. The molecule has 1 aliphatic rings. The van der Waals surface area contributed by atoms with Crippen molar-refractivity contribution in [1.29, 1.82) is 0 Å². The van der Waals surface area contributed by atoms with Crippen LogP contribution < -0.4 is 4.90 Å². The quantitative estimate of drug-likeness (QED) is 0.787. The molecule has 0 saturated carbocycles. The summed E-state index contributed by atoms with van der Waals surface area (Å²) in [6.07, 6.45) is 3.36. The number of thiazole rings is 1. The summed E-state index contributed by atoms with van der Waals surface area (Å²) in [6.45, 7) is 6.07. The Kier molecular flexibility index (Phi) is 4.35. The Bertz CT molecular complexity index is 409. The van der Waals surface area contributed by atoms with Crippen LogP contribution in [0.2, 0.25) is 0 Å². The predicted molar refractivity (Wildman–Crippen MR) is 73.8 cm³/mol. The lowest BCUT2D eigenvalue weighted by Gasteiger charge is -2.30. The minimum Gasteiger partial charge on any atom is -0.381 e. The predicted octanol–water partition coefficient (Wildman–Crippen LogP) is 2.69. The summed E-state index contributed by atoms with van der Waals surface area (Å²) < 4.78 is 5.36. The topological polar surface area (TPSA) is 42.4 Å². The maximum atomic E-state index is 11.1. The van der Waals surface area contributed by atoms with Crippen LogP contribution in [0.4, 0.5) is 5.13 Å². The molecule has 0 N–H and O–H groups in total. The number of nitrogens with zero attached hydrogens (tertiary/aromatic N) is 2. The van der Waals surface area contributed by atoms with E-state index in [4.69, 9.17) is 4.74 Å². The summed E-state index contributed by atoms with van der Waals surface area (Å²) in [6, 6.07) is 0. The average molecular weight is 268 g/mol. The number of hydrogen-bond donors (Lipinski definition) is 0. The summed E-state index contributed by atoms with van der Waals surface area (Å²) in [5.41, 5.74) is 0.930. The van der Waals surface area contributed by atoms with E-state index in [2.05, 4.69) is 23.7 Å². The van der Waals surface area contributed by atoms with E-state index in [9.17, 15) is 4.79 Å². The zero-order valence-corrected chi connectivity index (χ0v) is 12.0. The first kappa shape index (κ1) is 13.5. The van der Waals surface area contributed by atoms with Crippen LogP contribution in [-0.2, 0) is 4.74 Å². The number of ether oxygens (including phenoxy) is 1. The Morgan fingerprint density at radius 2 is 2.11 bits per heavy atom. The van der Waals surface area contributed by atoms with Gasteiger partial charge < -0.3 is 9.64 Å². The highest BCUT2D eigenvalue weighted by atomic mass is 32.1. The van der Waals surface area contributed by atoms with Gasteiger partial charge in [0.15, 0.2) is 11.4 Å². The van der Waals surface area contributed by atoms with Crippen molar-refractivity contribution in [2.75, 3.05) is 25.1 Å². The zero-order chi connectivity index (χ0) is 13.1. The van der Waals surface area contributed by atoms with Crippen molar-refractivity contribution < 1.29 is 9.53 Å². The molecule has 1 aromatic rings. The number of aldehydes is 1. The van der Waals surface area contributed by atoms with E-state index in [0.29, 0.717) is 12.0 Å². The molecule has 18 heavy (non-hydrogen) atoms. The summed E-state index contributed by atoms with van der Waals surface area (Å²) in [5.74, 6) is 0.298. The van der Waals surface area contributed by atoms with Crippen molar-refractivity contribution in [3.05, 3.63) is 10.6 Å². The van der Waals surface area contributed by atoms with Gasteiger partial charge in [0.05, 0.1) is 16.7 Å². The van der Waals surface area contributed by atoms with Gasteiger partial charge >= 0.3 is 0 Å². The first-order valence-corrected chi connectivity index (χ1v) is 7.21.